The molecule has 0 saturated carbocycles. The Morgan fingerprint density at radius 2 is 2.05 bits per heavy atom. The Bertz CT molecular complexity index is 916. The SMILES string of the molecule is O=c1ccc2cc(S(=O)(=O)Nc3nncs3)ccc2[nH]1. The molecule has 0 amide bonds. The zero-order valence-electron chi connectivity index (χ0n) is 9.90. The second-order valence-corrected chi connectivity index (χ2v) is 6.44. The molecule has 0 fully saturated rings. The molecule has 9 heteroatoms. The predicted molar refractivity (Wildman–Crippen MR) is 75.3 cm³/mol. The van der Waals surface area contributed by atoms with Gasteiger partial charge in [-0.3, -0.25) is 9.52 Å². The highest BCUT2D eigenvalue weighted by Gasteiger charge is 2.16. The summed E-state index contributed by atoms with van der Waals surface area (Å²) in [6.07, 6.45) is 0. The third-order valence-corrected chi connectivity index (χ3v) is 4.66. The monoisotopic (exact) mass is 308 g/mol. The van der Waals surface area contributed by atoms with Crippen molar-refractivity contribution in [2.45, 2.75) is 4.90 Å². The number of aromatic amines is 1. The van der Waals surface area contributed by atoms with Crippen LogP contribution in [0.3, 0.4) is 0 Å². The number of anilines is 1. The number of hydrogen-bond acceptors (Lipinski definition) is 6. The fourth-order valence-electron chi connectivity index (χ4n) is 1.69. The minimum Gasteiger partial charge on any atom is -0.322 e. The van der Waals surface area contributed by atoms with Crippen LogP contribution < -0.4 is 10.3 Å². The summed E-state index contributed by atoms with van der Waals surface area (Å²) in [7, 11) is -3.72. The summed E-state index contributed by atoms with van der Waals surface area (Å²) >= 11 is 1.09. The molecule has 2 aromatic heterocycles. The van der Waals surface area contributed by atoms with E-state index >= 15 is 0 Å². The van der Waals surface area contributed by atoms with Gasteiger partial charge in [-0.15, -0.1) is 10.2 Å². The van der Waals surface area contributed by atoms with E-state index in [0.717, 1.165) is 11.3 Å². The number of rotatable bonds is 3. The van der Waals surface area contributed by atoms with Crippen LogP contribution in [0.1, 0.15) is 0 Å². The molecule has 3 aromatic rings. The lowest BCUT2D eigenvalue weighted by atomic mass is 10.2. The molecule has 0 atom stereocenters. The summed E-state index contributed by atoms with van der Waals surface area (Å²) in [6, 6.07) is 7.36. The number of pyridine rings is 1. The number of benzene rings is 1. The normalized spacial score (nSPS) is 11.6. The summed E-state index contributed by atoms with van der Waals surface area (Å²) < 4.78 is 26.7. The minimum atomic E-state index is -3.72. The Kier molecular flexibility index (Phi) is 2.99. The van der Waals surface area contributed by atoms with Gasteiger partial charge >= 0.3 is 0 Å². The van der Waals surface area contributed by atoms with Crippen LogP contribution in [0, 0.1) is 0 Å². The highest BCUT2D eigenvalue weighted by atomic mass is 32.2. The van der Waals surface area contributed by atoms with E-state index in [0.29, 0.717) is 10.9 Å². The van der Waals surface area contributed by atoms with Crippen molar-refractivity contribution in [1.29, 1.82) is 0 Å². The Balaban J connectivity index is 2.05. The van der Waals surface area contributed by atoms with Crippen LogP contribution >= 0.6 is 11.3 Å². The van der Waals surface area contributed by atoms with Crippen LogP contribution in [0.4, 0.5) is 5.13 Å². The first-order valence-corrected chi connectivity index (χ1v) is 7.83. The molecule has 0 unspecified atom stereocenters. The maximum absolute atomic E-state index is 12.2. The van der Waals surface area contributed by atoms with Gasteiger partial charge in [-0.1, -0.05) is 11.3 Å². The molecule has 2 N–H and O–H groups in total. The van der Waals surface area contributed by atoms with Gasteiger partial charge in [0.15, 0.2) is 0 Å². The Labute approximate surface area is 117 Å². The molecule has 0 bridgehead atoms. The Morgan fingerprint density at radius 1 is 1.20 bits per heavy atom. The highest BCUT2D eigenvalue weighted by molar-refractivity contribution is 7.93. The Morgan fingerprint density at radius 3 is 2.80 bits per heavy atom. The van der Waals surface area contributed by atoms with Crippen LogP contribution in [0.2, 0.25) is 0 Å². The standard InChI is InChI=1S/C11H8N4O3S2/c16-10-4-1-7-5-8(2-3-9(7)13-10)20(17,18)15-11-14-12-6-19-11/h1-6H,(H,13,16)(H,14,15). The summed E-state index contributed by atoms with van der Waals surface area (Å²) in [5, 5.41) is 8.02. The van der Waals surface area contributed by atoms with Crippen LogP contribution in [0.25, 0.3) is 10.9 Å². The molecule has 102 valence electrons. The number of fused-ring (bicyclic) bond motifs is 1. The van der Waals surface area contributed by atoms with E-state index in [2.05, 4.69) is 19.9 Å². The van der Waals surface area contributed by atoms with Gasteiger partial charge < -0.3 is 4.98 Å². The number of nitrogens with one attached hydrogen (secondary N) is 2. The third kappa shape index (κ3) is 2.40. The first-order chi connectivity index (χ1) is 9.54. The van der Waals surface area contributed by atoms with Crippen molar-refractivity contribution < 1.29 is 8.42 Å². The van der Waals surface area contributed by atoms with Crippen molar-refractivity contribution in [2.24, 2.45) is 0 Å². The fraction of sp³-hybridized carbons (Fsp3) is 0. The quantitative estimate of drug-likeness (QED) is 0.756. The van der Waals surface area contributed by atoms with Crippen molar-refractivity contribution >= 4 is 37.4 Å². The average Bonchev–Trinajstić information content (AvgIpc) is 2.90. The second kappa shape index (κ2) is 4.69. The van der Waals surface area contributed by atoms with Crippen molar-refractivity contribution in [3.05, 3.63) is 46.2 Å². The van der Waals surface area contributed by atoms with E-state index in [1.165, 1.54) is 23.7 Å². The maximum atomic E-state index is 12.2. The van der Waals surface area contributed by atoms with Gasteiger partial charge in [0.05, 0.1) is 4.90 Å². The van der Waals surface area contributed by atoms with Gasteiger partial charge in [0.2, 0.25) is 10.7 Å². The first-order valence-electron chi connectivity index (χ1n) is 5.47. The van der Waals surface area contributed by atoms with E-state index in [9.17, 15) is 13.2 Å². The number of sulfonamides is 1. The summed E-state index contributed by atoms with van der Waals surface area (Å²) in [6.45, 7) is 0. The third-order valence-electron chi connectivity index (χ3n) is 2.59. The molecule has 0 aliphatic carbocycles. The van der Waals surface area contributed by atoms with Crippen molar-refractivity contribution in [3.63, 3.8) is 0 Å². The summed E-state index contributed by atoms with van der Waals surface area (Å²) in [5.41, 5.74) is 1.77. The van der Waals surface area contributed by atoms with E-state index in [1.54, 1.807) is 12.1 Å². The van der Waals surface area contributed by atoms with E-state index in [-0.39, 0.29) is 15.6 Å². The molecular weight excluding hydrogens is 300 g/mol. The molecule has 3 rings (SSSR count). The second-order valence-electron chi connectivity index (χ2n) is 3.92. The van der Waals surface area contributed by atoms with Crippen LogP contribution in [0.15, 0.2) is 45.5 Å². The zero-order valence-corrected chi connectivity index (χ0v) is 11.5. The van der Waals surface area contributed by atoms with Gasteiger partial charge in [-0.25, -0.2) is 8.42 Å². The van der Waals surface area contributed by atoms with Gasteiger partial charge in [-0.2, -0.15) is 0 Å². The minimum absolute atomic E-state index is 0.0900. The summed E-state index contributed by atoms with van der Waals surface area (Å²) in [5.74, 6) is 0. The molecule has 0 radical (unpaired) electrons. The molecule has 7 nitrogen and oxygen atoms in total. The highest BCUT2D eigenvalue weighted by Crippen LogP contribution is 2.20. The van der Waals surface area contributed by atoms with Gasteiger partial charge in [-0.05, 0) is 29.7 Å². The molecule has 0 aliphatic heterocycles. The van der Waals surface area contributed by atoms with Gasteiger partial charge in [0, 0.05) is 11.6 Å². The van der Waals surface area contributed by atoms with Crippen molar-refractivity contribution in [2.75, 3.05) is 4.72 Å². The maximum Gasteiger partial charge on any atom is 0.263 e. The van der Waals surface area contributed by atoms with Crippen molar-refractivity contribution in [3.8, 4) is 0 Å². The Hall–Kier alpha value is -2.26. The molecule has 2 heterocycles. The van der Waals surface area contributed by atoms with Crippen LogP contribution in [0.5, 0.6) is 0 Å². The molecule has 1 aromatic carbocycles. The predicted octanol–water partition coefficient (Wildman–Crippen LogP) is 1.18. The van der Waals surface area contributed by atoms with Crippen LogP contribution in [-0.2, 0) is 10.0 Å². The van der Waals surface area contributed by atoms with Crippen LogP contribution in [-0.4, -0.2) is 23.6 Å². The molecular formula is C11H8N4O3S2. The molecule has 20 heavy (non-hydrogen) atoms. The topological polar surface area (TPSA) is 105 Å². The smallest absolute Gasteiger partial charge is 0.263 e. The van der Waals surface area contributed by atoms with E-state index < -0.39 is 10.0 Å². The largest absolute Gasteiger partial charge is 0.322 e. The molecule has 0 aliphatic rings. The summed E-state index contributed by atoms with van der Waals surface area (Å²) in [4.78, 5) is 13.9. The van der Waals surface area contributed by atoms with Crippen molar-refractivity contribution in [1.82, 2.24) is 15.2 Å². The average molecular weight is 308 g/mol. The number of nitrogens with zero attached hydrogens (tertiary/aromatic N) is 2. The lowest BCUT2D eigenvalue weighted by Gasteiger charge is -2.05. The number of aromatic nitrogens is 3. The molecule has 0 spiro atoms. The number of hydrogen-bond donors (Lipinski definition) is 2. The lowest BCUT2D eigenvalue weighted by Crippen LogP contribution is -2.13. The van der Waals surface area contributed by atoms with Gasteiger partial charge in [0.25, 0.3) is 10.0 Å². The first kappa shape index (κ1) is 12.8. The fourth-order valence-corrected chi connectivity index (χ4v) is 3.42. The van der Waals surface area contributed by atoms with E-state index in [4.69, 9.17) is 0 Å². The van der Waals surface area contributed by atoms with Gasteiger partial charge in [0.1, 0.15) is 5.51 Å². The number of H-pyrrole nitrogens is 1. The molecule has 0 saturated heterocycles. The zero-order chi connectivity index (χ0) is 14.2. The lowest BCUT2D eigenvalue weighted by molar-refractivity contribution is 0.601. The van der Waals surface area contributed by atoms with E-state index in [1.807, 2.05) is 0 Å².